The summed E-state index contributed by atoms with van der Waals surface area (Å²) in [6.07, 6.45) is 0.509. The molecule has 0 saturated carbocycles. The Morgan fingerprint density at radius 2 is 1.88 bits per heavy atom. The Morgan fingerprint density at radius 3 is 2.58 bits per heavy atom. The minimum Gasteiger partial charge on any atom is -0.375 e. The molecule has 0 fully saturated rings. The number of benzene rings is 2. The van der Waals surface area contributed by atoms with Gasteiger partial charge in [0.25, 0.3) is 5.91 Å². The monoisotopic (exact) mass is 412 g/mol. The number of ketones is 1. The van der Waals surface area contributed by atoms with Crippen molar-refractivity contribution in [1.29, 1.82) is 5.26 Å². The van der Waals surface area contributed by atoms with Gasteiger partial charge in [-0.2, -0.15) is 5.26 Å². The number of fused-ring (bicyclic) bond motifs is 1. The molecule has 0 bridgehead atoms. The first-order chi connectivity index (χ1) is 12.5. The molecule has 6 heteroatoms. The Morgan fingerprint density at radius 1 is 1.19 bits per heavy atom. The fourth-order valence-corrected chi connectivity index (χ4v) is 3.45. The van der Waals surface area contributed by atoms with E-state index < -0.39 is 11.5 Å². The predicted molar refractivity (Wildman–Crippen MR) is 101 cm³/mol. The van der Waals surface area contributed by atoms with Gasteiger partial charge in [-0.25, -0.2) is 0 Å². The fourth-order valence-electron chi connectivity index (χ4n) is 3.19. The second-order valence-electron chi connectivity index (χ2n) is 6.20. The number of nitrogens with zero attached hydrogens (tertiary/aromatic N) is 2. The Bertz CT molecular complexity index is 889. The lowest BCUT2D eigenvalue weighted by Crippen LogP contribution is -2.42. The lowest BCUT2D eigenvalue weighted by Gasteiger charge is -2.22. The molecular weight excluding hydrogens is 396 g/mol. The highest BCUT2D eigenvalue weighted by molar-refractivity contribution is 9.10. The molecule has 1 heterocycles. The number of unbranched alkanes of at least 4 members (excludes halogenated alkanes) is 1. The Labute approximate surface area is 160 Å². The third-order valence-electron chi connectivity index (χ3n) is 4.49. The van der Waals surface area contributed by atoms with Gasteiger partial charge in [-0.1, -0.05) is 46.3 Å². The number of nitriles is 1. The summed E-state index contributed by atoms with van der Waals surface area (Å²) in [7, 11) is 0. The normalized spacial score (nSPS) is 18.5. The van der Waals surface area contributed by atoms with E-state index >= 15 is 0 Å². The molecule has 2 aromatic rings. The van der Waals surface area contributed by atoms with Gasteiger partial charge >= 0.3 is 0 Å². The van der Waals surface area contributed by atoms with Crippen molar-refractivity contribution in [3.8, 4) is 6.07 Å². The summed E-state index contributed by atoms with van der Waals surface area (Å²) in [6.45, 7) is 0.332. The molecule has 3 rings (SSSR count). The number of hydrogen-bond acceptors (Lipinski definition) is 4. The topological polar surface area (TPSA) is 81.4 Å². The Kier molecular flexibility index (Phi) is 5.21. The minimum absolute atomic E-state index is 0.304. The van der Waals surface area contributed by atoms with Gasteiger partial charge in [0.1, 0.15) is 0 Å². The molecule has 1 aliphatic heterocycles. The van der Waals surface area contributed by atoms with Crippen LogP contribution in [0.1, 0.15) is 35.2 Å². The standard InChI is InChI=1S/C20H17BrN2O3/c21-15-9-7-14(8-10-15)18(24)13-20(26)16-5-1-2-6-17(16)23(19(20)25)12-4-3-11-22/h1-2,5-10,26H,3-4,12-13H2/t20-/m1/s1. The van der Waals surface area contributed by atoms with Gasteiger partial charge in [-0.15, -0.1) is 0 Å². The summed E-state index contributed by atoms with van der Waals surface area (Å²) >= 11 is 3.32. The number of aliphatic hydroxyl groups is 1. The Balaban J connectivity index is 1.90. The van der Waals surface area contributed by atoms with Crippen molar-refractivity contribution in [3.05, 3.63) is 64.1 Å². The van der Waals surface area contributed by atoms with Crippen LogP contribution in [0.2, 0.25) is 0 Å². The van der Waals surface area contributed by atoms with E-state index in [2.05, 4.69) is 22.0 Å². The van der Waals surface area contributed by atoms with Crippen molar-refractivity contribution in [2.24, 2.45) is 0 Å². The number of Topliss-reactive ketones (excluding diaryl/α,β-unsaturated/α-hetero) is 1. The number of para-hydroxylation sites is 1. The van der Waals surface area contributed by atoms with E-state index in [-0.39, 0.29) is 12.2 Å². The molecule has 0 aromatic heterocycles. The first-order valence-corrected chi connectivity index (χ1v) is 9.06. The van der Waals surface area contributed by atoms with Crippen molar-refractivity contribution in [3.63, 3.8) is 0 Å². The summed E-state index contributed by atoms with van der Waals surface area (Å²) in [5, 5.41) is 19.9. The number of carbonyl (C=O) groups is 2. The molecule has 0 saturated heterocycles. The largest absolute Gasteiger partial charge is 0.375 e. The van der Waals surface area contributed by atoms with Gasteiger partial charge in [-0.3, -0.25) is 9.59 Å². The predicted octanol–water partition coefficient (Wildman–Crippen LogP) is 3.56. The van der Waals surface area contributed by atoms with Crippen molar-refractivity contribution >= 4 is 33.3 Å². The van der Waals surface area contributed by atoms with Crippen LogP contribution in [0.4, 0.5) is 5.69 Å². The molecule has 26 heavy (non-hydrogen) atoms. The number of halogens is 1. The molecule has 1 N–H and O–H groups in total. The van der Waals surface area contributed by atoms with Crippen molar-refractivity contribution < 1.29 is 14.7 Å². The molecule has 0 radical (unpaired) electrons. The SMILES string of the molecule is N#CCCCN1C(=O)[C@@](O)(CC(=O)c2ccc(Br)cc2)c2ccccc21. The molecule has 1 aliphatic rings. The molecule has 132 valence electrons. The van der Waals surface area contributed by atoms with E-state index in [1.54, 1.807) is 48.5 Å². The maximum Gasteiger partial charge on any atom is 0.264 e. The average molecular weight is 413 g/mol. The molecule has 0 unspecified atom stereocenters. The quantitative estimate of drug-likeness (QED) is 0.580. The van der Waals surface area contributed by atoms with Gasteiger partial charge < -0.3 is 10.0 Å². The van der Waals surface area contributed by atoms with E-state index in [9.17, 15) is 14.7 Å². The van der Waals surface area contributed by atoms with Crippen LogP contribution < -0.4 is 4.90 Å². The van der Waals surface area contributed by atoms with Crippen LogP contribution in [-0.2, 0) is 10.4 Å². The van der Waals surface area contributed by atoms with Gasteiger partial charge in [0, 0.05) is 28.6 Å². The van der Waals surface area contributed by atoms with Crippen molar-refractivity contribution in [2.45, 2.75) is 24.9 Å². The van der Waals surface area contributed by atoms with Gasteiger partial charge in [0.2, 0.25) is 0 Å². The zero-order valence-electron chi connectivity index (χ0n) is 14.0. The van der Waals surface area contributed by atoms with Crippen molar-refractivity contribution in [2.75, 3.05) is 11.4 Å². The number of rotatable bonds is 6. The van der Waals surface area contributed by atoms with Crippen LogP contribution >= 0.6 is 15.9 Å². The van der Waals surface area contributed by atoms with Crippen LogP contribution in [-0.4, -0.2) is 23.3 Å². The van der Waals surface area contributed by atoms with Crippen LogP contribution in [0.15, 0.2) is 53.0 Å². The number of anilines is 1. The summed E-state index contributed by atoms with van der Waals surface area (Å²) in [6, 6.07) is 15.8. The molecule has 0 aliphatic carbocycles. The maximum atomic E-state index is 12.9. The fraction of sp³-hybridized carbons (Fsp3) is 0.250. The van der Waals surface area contributed by atoms with E-state index in [0.29, 0.717) is 36.2 Å². The number of amides is 1. The highest BCUT2D eigenvalue weighted by Crippen LogP contribution is 2.42. The molecular formula is C20H17BrN2O3. The number of carbonyl (C=O) groups excluding carboxylic acids is 2. The molecule has 0 spiro atoms. The van der Waals surface area contributed by atoms with Gasteiger partial charge in [0.05, 0.1) is 18.2 Å². The highest BCUT2D eigenvalue weighted by atomic mass is 79.9. The molecule has 1 amide bonds. The van der Waals surface area contributed by atoms with Crippen LogP contribution in [0.5, 0.6) is 0 Å². The van der Waals surface area contributed by atoms with Gasteiger partial charge in [-0.05, 0) is 24.6 Å². The smallest absolute Gasteiger partial charge is 0.264 e. The zero-order chi connectivity index (χ0) is 18.7. The zero-order valence-corrected chi connectivity index (χ0v) is 15.6. The van der Waals surface area contributed by atoms with E-state index in [1.807, 2.05) is 0 Å². The lowest BCUT2D eigenvalue weighted by molar-refractivity contribution is -0.135. The average Bonchev–Trinajstić information content (AvgIpc) is 2.84. The third kappa shape index (κ3) is 3.28. The molecule has 5 nitrogen and oxygen atoms in total. The maximum absolute atomic E-state index is 12.9. The first-order valence-electron chi connectivity index (χ1n) is 8.27. The summed E-state index contributed by atoms with van der Waals surface area (Å²) in [5.41, 5.74) is -0.406. The molecule has 2 aromatic carbocycles. The summed E-state index contributed by atoms with van der Waals surface area (Å²) in [5.74, 6) is -0.816. The molecule has 1 atom stereocenters. The Hall–Kier alpha value is -2.49. The highest BCUT2D eigenvalue weighted by Gasteiger charge is 2.50. The van der Waals surface area contributed by atoms with E-state index in [4.69, 9.17) is 5.26 Å². The minimum atomic E-state index is -1.88. The summed E-state index contributed by atoms with van der Waals surface area (Å²) < 4.78 is 0.846. The lowest BCUT2D eigenvalue weighted by atomic mass is 9.88. The number of hydrogen-bond donors (Lipinski definition) is 1. The first kappa shape index (κ1) is 18.3. The van der Waals surface area contributed by atoms with Crippen LogP contribution in [0.25, 0.3) is 0 Å². The summed E-state index contributed by atoms with van der Waals surface area (Å²) in [4.78, 5) is 27.1. The second kappa shape index (κ2) is 7.40. The van der Waals surface area contributed by atoms with E-state index in [0.717, 1.165) is 4.47 Å². The van der Waals surface area contributed by atoms with Crippen LogP contribution in [0.3, 0.4) is 0 Å². The third-order valence-corrected chi connectivity index (χ3v) is 5.02. The second-order valence-corrected chi connectivity index (χ2v) is 7.12. The van der Waals surface area contributed by atoms with Crippen molar-refractivity contribution in [1.82, 2.24) is 0 Å². The van der Waals surface area contributed by atoms with Crippen LogP contribution in [0, 0.1) is 11.3 Å². The van der Waals surface area contributed by atoms with E-state index in [1.165, 1.54) is 4.90 Å². The van der Waals surface area contributed by atoms with Gasteiger partial charge in [0.15, 0.2) is 11.4 Å².